The van der Waals surface area contributed by atoms with E-state index < -0.39 is 7.37 Å². The summed E-state index contributed by atoms with van der Waals surface area (Å²) >= 11 is 0. The fourth-order valence-electron chi connectivity index (χ4n) is 4.67. The van der Waals surface area contributed by atoms with Crippen LogP contribution in [0.25, 0.3) is 0 Å². The van der Waals surface area contributed by atoms with Crippen molar-refractivity contribution in [3.8, 4) is 11.5 Å². The molecule has 1 saturated carbocycles. The predicted octanol–water partition coefficient (Wildman–Crippen LogP) is 9.00. The van der Waals surface area contributed by atoms with Gasteiger partial charge in [0.25, 0.3) is 0 Å². The van der Waals surface area contributed by atoms with Gasteiger partial charge in [-0.05, 0) is 79.2 Å². The number of ether oxygens (including phenoxy) is 2. The fourth-order valence-corrected chi connectivity index (χ4v) is 5.34. The minimum Gasteiger partial charge on any atom is -0.497 e. The Labute approximate surface area is 245 Å². The van der Waals surface area contributed by atoms with Crippen LogP contribution in [-0.2, 0) is 17.4 Å². The molecule has 6 heteroatoms. The van der Waals surface area contributed by atoms with Gasteiger partial charge in [0.2, 0.25) is 0 Å². The van der Waals surface area contributed by atoms with E-state index in [0.717, 1.165) is 49.4 Å². The van der Waals surface area contributed by atoms with Gasteiger partial charge >= 0.3 is 0 Å². The van der Waals surface area contributed by atoms with E-state index in [1.807, 2.05) is 38.1 Å². The van der Waals surface area contributed by atoms with Gasteiger partial charge in [0.1, 0.15) is 11.5 Å². The molecule has 5 nitrogen and oxygen atoms in total. The number of rotatable bonds is 11. The van der Waals surface area contributed by atoms with Crippen molar-refractivity contribution in [2.24, 2.45) is 11.3 Å². The van der Waals surface area contributed by atoms with Crippen molar-refractivity contribution in [3.05, 3.63) is 53.6 Å². The van der Waals surface area contributed by atoms with Crippen LogP contribution >= 0.6 is 7.37 Å². The Morgan fingerprint density at radius 1 is 0.975 bits per heavy atom. The van der Waals surface area contributed by atoms with Gasteiger partial charge in [-0.1, -0.05) is 72.1 Å². The van der Waals surface area contributed by atoms with Crippen LogP contribution in [-0.4, -0.2) is 44.5 Å². The zero-order chi connectivity index (χ0) is 29.6. The van der Waals surface area contributed by atoms with Crippen LogP contribution in [0.3, 0.4) is 0 Å². The number of nitrogens with zero attached hydrogens (tertiary/aromatic N) is 1. The average molecular weight is 574 g/mol. The topological polar surface area (TPSA) is 59.0 Å². The molecule has 1 atom stereocenters. The summed E-state index contributed by atoms with van der Waals surface area (Å²) in [6, 6.07) is 14.5. The molecule has 4 rings (SSSR count). The first-order valence-corrected chi connectivity index (χ1v) is 17.7. The number of hydrogen-bond acceptors (Lipinski definition) is 4. The lowest BCUT2D eigenvalue weighted by Crippen LogP contribution is -2.36. The molecule has 1 heterocycles. The van der Waals surface area contributed by atoms with Crippen molar-refractivity contribution < 1.29 is 18.9 Å². The van der Waals surface area contributed by atoms with Crippen LogP contribution < -0.4 is 14.4 Å². The Bertz CT molecular complexity index is 1030. The highest BCUT2D eigenvalue weighted by atomic mass is 31.2. The first kappa shape index (κ1) is 34.2. The highest BCUT2D eigenvalue weighted by Gasteiger charge is 2.22. The van der Waals surface area contributed by atoms with Crippen molar-refractivity contribution in [2.45, 2.75) is 92.4 Å². The molecule has 0 spiro atoms. The highest BCUT2D eigenvalue weighted by Crippen LogP contribution is 2.36. The summed E-state index contributed by atoms with van der Waals surface area (Å²) in [5, 5.41) is 0. The molecule has 40 heavy (non-hydrogen) atoms. The minimum absolute atomic E-state index is 0.303. The van der Waals surface area contributed by atoms with Crippen LogP contribution in [0.5, 0.6) is 11.5 Å². The molecular formula is C34H56NO4P. The minimum atomic E-state index is -2.99. The lowest BCUT2D eigenvalue weighted by Gasteiger charge is -2.35. The predicted molar refractivity (Wildman–Crippen MR) is 172 cm³/mol. The van der Waals surface area contributed by atoms with E-state index in [9.17, 15) is 9.46 Å². The van der Waals surface area contributed by atoms with Crippen LogP contribution in [0, 0.1) is 11.3 Å². The van der Waals surface area contributed by atoms with Gasteiger partial charge in [-0.3, -0.25) is 4.57 Å². The van der Waals surface area contributed by atoms with Gasteiger partial charge in [-0.2, -0.15) is 0 Å². The van der Waals surface area contributed by atoms with Gasteiger partial charge < -0.3 is 19.3 Å². The van der Waals surface area contributed by atoms with Crippen molar-refractivity contribution in [3.63, 3.8) is 0 Å². The zero-order valence-electron chi connectivity index (χ0n) is 26.4. The summed E-state index contributed by atoms with van der Waals surface area (Å²) in [6.45, 7) is 15.1. The monoisotopic (exact) mass is 573 g/mol. The molecule has 1 saturated heterocycles. The first-order valence-electron chi connectivity index (χ1n) is 15.5. The van der Waals surface area contributed by atoms with E-state index in [-0.39, 0.29) is 0 Å². The van der Waals surface area contributed by atoms with Crippen LogP contribution in [0.4, 0.5) is 5.69 Å². The summed E-state index contributed by atoms with van der Waals surface area (Å²) in [5.74, 6) is 2.30. The van der Waals surface area contributed by atoms with Crippen molar-refractivity contribution in [1.29, 1.82) is 0 Å². The zero-order valence-corrected chi connectivity index (χ0v) is 27.3. The summed E-state index contributed by atoms with van der Waals surface area (Å²) in [4.78, 5) is 12.1. The molecule has 1 unspecified atom stereocenters. The van der Waals surface area contributed by atoms with Gasteiger partial charge in [0.05, 0.1) is 13.7 Å². The van der Waals surface area contributed by atoms with Crippen molar-refractivity contribution in [1.82, 2.24) is 0 Å². The number of methoxy groups -OCH3 is 1. The number of aryl methyl sites for hydroxylation is 2. The van der Waals surface area contributed by atoms with Gasteiger partial charge in [-0.15, -0.1) is 0 Å². The van der Waals surface area contributed by atoms with Gasteiger partial charge in [-0.25, -0.2) is 0 Å². The number of hydrogen-bond donors (Lipinski definition) is 1. The number of piperidine rings is 1. The Hall–Kier alpha value is -1.97. The molecule has 1 aliphatic carbocycles. The molecule has 2 fully saturated rings. The van der Waals surface area contributed by atoms with E-state index in [1.54, 1.807) is 7.11 Å². The molecular weight excluding hydrogens is 517 g/mol. The van der Waals surface area contributed by atoms with Gasteiger partial charge in [0, 0.05) is 37.7 Å². The normalized spacial score (nSPS) is 16.6. The summed E-state index contributed by atoms with van der Waals surface area (Å²) in [7, 11) is -1.25. The second kappa shape index (κ2) is 17.1. The highest BCUT2D eigenvalue weighted by molar-refractivity contribution is 7.57. The van der Waals surface area contributed by atoms with Gasteiger partial charge in [0.15, 0.2) is 7.37 Å². The Morgan fingerprint density at radius 2 is 1.65 bits per heavy atom. The quantitative estimate of drug-likeness (QED) is 0.272. The molecule has 0 aromatic heterocycles. The SMILES string of the molecule is C1CC1.CC.COc1ccc(CCCC(C)(C)C)c(N2CCC(COc3cccc(CCP(C)(=O)O)c3)CC2)c1. The van der Waals surface area contributed by atoms with Crippen LogP contribution in [0.1, 0.15) is 90.7 Å². The number of benzene rings is 2. The lowest BCUT2D eigenvalue weighted by molar-refractivity contribution is 0.222. The fraction of sp³-hybridized carbons (Fsp3) is 0.647. The van der Waals surface area contributed by atoms with E-state index in [1.165, 1.54) is 50.0 Å². The lowest BCUT2D eigenvalue weighted by atomic mass is 9.88. The smallest absolute Gasteiger partial charge is 0.197 e. The third kappa shape index (κ3) is 14.1. The maximum Gasteiger partial charge on any atom is 0.197 e. The van der Waals surface area contributed by atoms with Crippen molar-refractivity contribution in [2.75, 3.05) is 44.5 Å². The Kier molecular flexibility index (Phi) is 14.6. The molecule has 2 aromatic carbocycles. The molecule has 2 aromatic rings. The molecule has 2 aliphatic rings. The Morgan fingerprint density at radius 3 is 2.23 bits per heavy atom. The van der Waals surface area contributed by atoms with Crippen LogP contribution in [0.15, 0.2) is 42.5 Å². The van der Waals surface area contributed by atoms with Crippen LogP contribution in [0.2, 0.25) is 0 Å². The van der Waals surface area contributed by atoms with E-state index in [2.05, 4.69) is 43.9 Å². The van der Waals surface area contributed by atoms with E-state index in [0.29, 0.717) is 30.5 Å². The molecule has 1 N–H and O–H groups in total. The second-order valence-electron chi connectivity index (χ2n) is 12.4. The maximum atomic E-state index is 11.6. The second-order valence-corrected chi connectivity index (χ2v) is 14.9. The maximum absolute atomic E-state index is 11.6. The van der Waals surface area contributed by atoms with E-state index in [4.69, 9.17) is 9.47 Å². The molecule has 1 aliphatic heterocycles. The Balaban J connectivity index is 0.00000103. The van der Waals surface area contributed by atoms with Crippen molar-refractivity contribution >= 4 is 13.1 Å². The molecule has 0 radical (unpaired) electrons. The summed E-state index contributed by atoms with van der Waals surface area (Å²) in [6.07, 6.45) is 11.1. The summed E-state index contributed by atoms with van der Waals surface area (Å²) < 4.78 is 23.3. The largest absolute Gasteiger partial charge is 0.497 e. The first-order chi connectivity index (χ1) is 19.0. The number of anilines is 1. The van der Waals surface area contributed by atoms with E-state index >= 15 is 0 Å². The third-order valence-corrected chi connectivity index (χ3v) is 8.23. The molecule has 0 bridgehead atoms. The standard InChI is InChI=1S/C29H44NO4P.C3H6.C2H6/c1-29(2,3)16-7-9-25-11-12-26(33-4)21-28(25)30-17-13-24(14-18-30)22-34-27-10-6-8-23(20-27)15-19-35(5,31)32;1-2-3-1;1-2/h6,8,10-12,20-21,24H,7,9,13-19,22H2,1-5H3,(H,31,32);1-3H2;1-2H3. The molecule has 0 amide bonds. The third-order valence-electron chi connectivity index (χ3n) is 7.17. The molecule has 226 valence electrons. The average Bonchev–Trinajstić information content (AvgIpc) is 3.82. The summed E-state index contributed by atoms with van der Waals surface area (Å²) in [5.41, 5.74) is 4.15.